The Morgan fingerprint density at radius 2 is 2.71 bits per heavy atom. The van der Waals surface area contributed by atoms with Crippen LogP contribution in [0.25, 0.3) is 0 Å². The average molecular weight is 120 g/mol. The normalized spacial score (nSPS) is 29.0. The van der Waals surface area contributed by atoms with E-state index in [1.807, 2.05) is 0 Å². The van der Waals surface area contributed by atoms with Gasteiger partial charge in [0.2, 0.25) is 0 Å². The Morgan fingerprint density at radius 3 is 3.00 bits per heavy atom. The zero-order chi connectivity index (χ0) is 5.11. The molecule has 0 bridgehead atoms. The lowest BCUT2D eigenvalue weighted by Crippen LogP contribution is -2.22. The molecule has 0 fully saturated rings. The zero-order valence-corrected chi connectivity index (χ0v) is 4.52. The molecule has 0 spiro atoms. The summed E-state index contributed by atoms with van der Waals surface area (Å²) in [7, 11) is 0. The van der Waals surface area contributed by atoms with Gasteiger partial charge in [0.15, 0.2) is 0 Å². The number of hydrogen-bond donors (Lipinski definition) is 1. The Morgan fingerprint density at radius 1 is 1.86 bits per heavy atom. The van der Waals surface area contributed by atoms with Crippen molar-refractivity contribution in [1.82, 2.24) is 5.32 Å². The summed E-state index contributed by atoms with van der Waals surface area (Å²) in [6.45, 7) is 0.622. The SMILES string of the molecule is ClCC1N=NCN1. The summed E-state index contributed by atoms with van der Waals surface area (Å²) in [4.78, 5) is 0. The maximum Gasteiger partial charge on any atom is 0.136 e. The Bertz CT molecular complexity index is 82.2. The maximum atomic E-state index is 5.39. The molecule has 1 atom stereocenters. The van der Waals surface area contributed by atoms with Crippen molar-refractivity contribution in [3.05, 3.63) is 0 Å². The van der Waals surface area contributed by atoms with E-state index in [1.165, 1.54) is 0 Å². The molecule has 0 aliphatic carbocycles. The minimum absolute atomic E-state index is 0.0710. The summed E-state index contributed by atoms with van der Waals surface area (Å²) >= 11 is 5.39. The number of hydrogen-bond acceptors (Lipinski definition) is 3. The third kappa shape index (κ3) is 1.11. The van der Waals surface area contributed by atoms with Gasteiger partial charge in [-0.3, -0.25) is 5.32 Å². The van der Waals surface area contributed by atoms with Gasteiger partial charge in [-0.1, -0.05) is 0 Å². The number of alkyl halides is 1. The van der Waals surface area contributed by atoms with Crippen LogP contribution < -0.4 is 5.32 Å². The molecule has 0 radical (unpaired) electrons. The monoisotopic (exact) mass is 119 g/mol. The van der Waals surface area contributed by atoms with Gasteiger partial charge in [-0.15, -0.1) is 11.6 Å². The first kappa shape index (κ1) is 5.00. The molecule has 40 valence electrons. The number of nitrogens with one attached hydrogen (secondary N) is 1. The highest BCUT2D eigenvalue weighted by atomic mass is 35.5. The summed E-state index contributed by atoms with van der Waals surface area (Å²) < 4.78 is 0. The molecule has 0 amide bonds. The number of halogens is 1. The molecule has 0 aromatic rings. The zero-order valence-electron chi connectivity index (χ0n) is 3.76. The van der Waals surface area contributed by atoms with E-state index in [1.54, 1.807) is 0 Å². The van der Waals surface area contributed by atoms with Crippen molar-refractivity contribution in [2.24, 2.45) is 10.2 Å². The van der Waals surface area contributed by atoms with E-state index < -0.39 is 0 Å². The number of nitrogens with zero attached hydrogens (tertiary/aromatic N) is 2. The molecule has 0 saturated carbocycles. The summed E-state index contributed by atoms with van der Waals surface area (Å²) in [5.74, 6) is 0.517. The smallest absolute Gasteiger partial charge is 0.136 e. The van der Waals surface area contributed by atoms with E-state index in [9.17, 15) is 0 Å². The van der Waals surface area contributed by atoms with Gasteiger partial charge in [0, 0.05) is 0 Å². The van der Waals surface area contributed by atoms with Crippen LogP contribution in [-0.4, -0.2) is 18.7 Å². The van der Waals surface area contributed by atoms with Crippen LogP contribution in [-0.2, 0) is 0 Å². The van der Waals surface area contributed by atoms with E-state index in [4.69, 9.17) is 11.6 Å². The highest BCUT2D eigenvalue weighted by Gasteiger charge is 2.06. The van der Waals surface area contributed by atoms with Crippen molar-refractivity contribution in [3.8, 4) is 0 Å². The van der Waals surface area contributed by atoms with E-state index >= 15 is 0 Å². The lowest BCUT2D eigenvalue weighted by molar-refractivity contribution is 0.664. The molecule has 7 heavy (non-hydrogen) atoms. The third-order valence-electron chi connectivity index (χ3n) is 0.765. The van der Waals surface area contributed by atoms with Gasteiger partial charge in [0.1, 0.15) is 12.8 Å². The second-order valence-corrected chi connectivity index (χ2v) is 1.60. The van der Waals surface area contributed by atoms with Gasteiger partial charge in [0.25, 0.3) is 0 Å². The minimum atomic E-state index is 0.0710. The Labute approximate surface area is 46.8 Å². The first-order valence-electron chi connectivity index (χ1n) is 2.09. The maximum absolute atomic E-state index is 5.39. The second kappa shape index (κ2) is 2.23. The molecule has 1 aliphatic heterocycles. The lowest BCUT2D eigenvalue weighted by atomic mass is 10.6. The van der Waals surface area contributed by atoms with Gasteiger partial charge in [-0.05, 0) is 0 Å². The van der Waals surface area contributed by atoms with Crippen LogP contribution in [0.1, 0.15) is 0 Å². The molecule has 0 saturated heterocycles. The van der Waals surface area contributed by atoms with Crippen LogP contribution in [0.2, 0.25) is 0 Å². The molecule has 1 unspecified atom stereocenters. The van der Waals surface area contributed by atoms with E-state index in [2.05, 4.69) is 15.5 Å². The van der Waals surface area contributed by atoms with Crippen molar-refractivity contribution in [1.29, 1.82) is 0 Å². The third-order valence-corrected chi connectivity index (χ3v) is 1.06. The van der Waals surface area contributed by atoms with Crippen molar-refractivity contribution in [2.75, 3.05) is 12.5 Å². The van der Waals surface area contributed by atoms with Crippen LogP contribution in [0.5, 0.6) is 0 Å². The van der Waals surface area contributed by atoms with Gasteiger partial charge < -0.3 is 0 Å². The first-order valence-corrected chi connectivity index (χ1v) is 2.63. The molecule has 4 heteroatoms. The molecule has 0 aromatic heterocycles. The van der Waals surface area contributed by atoms with Crippen molar-refractivity contribution < 1.29 is 0 Å². The first-order chi connectivity index (χ1) is 3.43. The van der Waals surface area contributed by atoms with Crippen LogP contribution in [0, 0.1) is 0 Å². The minimum Gasteiger partial charge on any atom is -0.273 e. The van der Waals surface area contributed by atoms with Crippen LogP contribution in [0.4, 0.5) is 0 Å². The Balaban J connectivity index is 2.28. The van der Waals surface area contributed by atoms with Crippen molar-refractivity contribution in [3.63, 3.8) is 0 Å². The summed E-state index contributed by atoms with van der Waals surface area (Å²) in [5, 5.41) is 10.3. The van der Waals surface area contributed by atoms with Gasteiger partial charge in [-0.2, -0.15) is 10.2 Å². The molecule has 0 aromatic carbocycles. The van der Waals surface area contributed by atoms with Crippen molar-refractivity contribution in [2.45, 2.75) is 6.17 Å². The molecule has 3 nitrogen and oxygen atoms in total. The van der Waals surface area contributed by atoms with Crippen LogP contribution >= 0.6 is 11.6 Å². The summed E-state index contributed by atoms with van der Waals surface area (Å²) in [6, 6.07) is 0. The average Bonchev–Trinajstić information content (AvgIpc) is 2.14. The van der Waals surface area contributed by atoms with Crippen molar-refractivity contribution >= 4 is 11.6 Å². The van der Waals surface area contributed by atoms with Crippen LogP contribution in [0.3, 0.4) is 0 Å². The molecule has 1 heterocycles. The van der Waals surface area contributed by atoms with Crippen LogP contribution in [0.15, 0.2) is 10.2 Å². The van der Waals surface area contributed by atoms with Gasteiger partial charge in [-0.25, -0.2) is 0 Å². The predicted octanol–water partition coefficient (Wildman–Crippen LogP) is 0.564. The number of rotatable bonds is 1. The van der Waals surface area contributed by atoms with Gasteiger partial charge >= 0.3 is 0 Å². The predicted molar refractivity (Wildman–Crippen MR) is 27.4 cm³/mol. The molecule has 1 N–H and O–H groups in total. The second-order valence-electron chi connectivity index (χ2n) is 1.29. The molecule has 1 aliphatic rings. The van der Waals surface area contributed by atoms with Gasteiger partial charge in [0.05, 0.1) is 5.88 Å². The lowest BCUT2D eigenvalue weighted by Gasteiger charge is -1.95. The molecule has 1 rings (SSSR count). The summed E-state index contributed by atoms with van der Waals surface area (Å²) in [6.07, 6.45) is 0.0710. The highest BCUT2D eigenvalue weighted by molar-refractivity contribution is 6.18. The quantitative estimate of drug-likeness (QED) is 0.504. The number of azo groups is 1. The topological polar surface area (TPSA) is 36.8 Å². The standard InChI is InChI=1S/C3H6ClN3/c4-1-3-5-2-6-7-3/h3,5H,1-2H2. The molecular weight excluding hydrogens is 114 g/mol. The van der Waals surface area contributed by atoms with E-state index in [-0.39, 0.29) is 6.17 Å². The fraction of sp³-hybridized carbons (Fsp3) is 1.00. The van der Waals surface area contributed by atoms with E-state index in [0.29, 0.717) is 12.5 Å². The Kier molecular flexibility index (Phi) is 1.59. The fourth-order valence-electron chi connectivity index (χ4n) is 0.412. The summed E-state index contributed by atoms with van der Waals surface area (Å²) in [5.41, 5.74) is 0. The molecular formula is C3H6ClN3. The fourth-order valence-corrected chi connectivity index (χ4v) is 0.583. The largest absolute Gasteiger partial charge is 0.273 e. The highest BCUT2D eigenvalue weighted by Crippen LogP contribution is 1.96. The van der Waals surface area contributed by atoms with E-state index in [0.717, 1.165) is 0 Å². The Hall–Kier alpha value is -0.150.